The highest BCUT2D eigenvalue weighted by molar-refractivity contribution is 6.39. The van der Waals surface area contributed by atoms with Crippen LogP contribution in [0.4, 0.5) is 5.69 Å². The van der Waals surface area contributed by atoms with E-state index in [0.29, 0.717) is 28.9 Å². The van der Waals surface area contributed by atoms with Gasteiger partial charge in [0.25, 0.3) is 0 Å². The van der Waals surface area contributed by atoms with E-state index in [1.54, 1.807) is 18.2 Å². The van der Waals surface area contributed by atoms with Crippen LogP contribution in [0.25, 0.3) is 0 Å². The Hall–Kier alpha value is -0.810. The van der Waals surface area contributed by atoms with E-state index >= 15 is 0 Å². The van der Waals surface area contributed by atoms with Crippen molar-refractivity contribution < 1.29 is 9.53 Å². The van der Waals surface area contributed by atoms with Gasteiger partial charge in [0, 0.05) is 13.2 Å². The molecule has 4 nitrogen and oxygen atoms in total. The number of ether oxygens (including phenoxy) is 1. The van der Waals surface area contributed by atoms with Crippen LogP contribution in [-0.4, -0.2) is 32.2 Å². The molecule has 0 aliphatic carbocycles. The van der Waals surface area contributed by atoms with Gasteiger partial charge in [0.1, 0.15) is 0 Å². The second kappa shape index (κ2) is 9.15. The van der Waals surface area contributed by atoms with E-state index in [1.807, 2.05) is 6.92 Å². The lowest BCUT2D eigenvalue weighted by atomic mass is 10.3. The summed E-state index contributed by atoms with van der Waals surface area (Å²) in [6, 6.07) is 5.09. The SMILES string of the molecule is CCOCCCNCC(=O)Nc1c(Cl)cccc1Cl. The van der Waals surface area contributed by atoms with Crippen LogP contribution in [0.3, 0.4) is 0 Å². The maximum atomic E-state index is 11.7. The van der Waals surface area contributed by atoms with Crippen LogP contribution < -0.4 is 10.6 Å². The van der Waals surface area contributed by atoms with Crippen molar-refractivity contribution in [3.63, 3.8) is 0 Å². The molecule has 0 unspecified atom stereocenters. The van der Waals surface area contributed by atoms with Crippen molar-refractivity contribution in [2.45, 2.75) is 13.3 Å². The molecular weight excluding hydrogens is 287 g/mol. The van der Waals surface area contributed by atoms with Gasteiger partial charge in [-0.3, -0.25) is 4.79 Å². The van der Waals surface area contributed by atoms with Gasteiger partial charge in [0.15, 0.2) is 0 Å². The summed E-state index contributed by atoms with van der Waals surface area (Å²) in [5.41, 5.74) is 0.451. The first-order valence-corrected chi connectivity index (χ1v) is 6.93. The highest BCUT2D eigenvalue weighted by Crippen LogP contribution is 2.29. The van der Waals surface area contributed by atoms with Crippen molar-refractivity contribution in [3.8, 4) is 0 Å². The molecule has 2 N–H and O–H groups in total. The van der Waals surface area contributed by atoms with Gasteiger partial charge in [0.2, 0.25) is 5.91 Å². The lowest BCUT2D eigenvalue weighted by molar-refractivity contribution is -0.115. The van der Waals surface area contributed by atoms with E-state index in [2.05, 4.69) is 10.6 Å². The molecule has 1 aromatic carbocycles. The Morgan fingerprint density at radius 3 is 2.63 bits per heavy atom. The van der Waals surface area contributed by atoms with Gasteiger partial charge in [0.05, 0.1) is 22.3 Å². The van der Waals surface area contributed by atoms with E-state index in [0.717, 1.165) is 13.0 Å². The van der Waals surface area contributed by atoms with Gasteiger partial charge in [-0.1, -0.05) is 29.3 Å². The maximum absolute atomic E-state index is 11.7. The normalized spacial score (nSPS) is 10.5. The summed E-state index contributed by atoms with van der Waals surface area (Å²) in [5, 5.41) is 6.56. The third-order valence-corrected chi connectivity index (χ3v) is 2.99. The molecule has 0 radical (unpaired) electrons. The van der Waals surface area contributed by atoms with Crippen LogP contribution in [-0.2, 0) is 9.53 Å². The third-order valence-electron chi connectivity index (χ3n) is 2.36. The molecule has 1 aromatic rings. The van der Waals surface area contributed by atoms with Crippen molar-refractivity contribution in [1.82, 2.24) is 5.32 Å². The summed E-state index contributed by atoms with van der Waals surface area (Å²) in [6.45, 7) is 4.30. The van der Waals surface area contributed by atoms with Crippen LogP contribution in [0, 0.1) is 0 Å². The van der Waals surface area contributed by atoms with Crippen LogP contribution >= 0.6 is 23.2 Å². The molecule has 1 amide bonds. The van der Waals surface area contributed by atoms with E-state index in [1.165, 1.54) is 0 Å². The van der Waals surface area contributed by atoms with E-state index in [-0.39, 0.29) is 12.5 Å². The number of halogens is 2. The molecule has 0 bridgehead atoms. The summed E-state index contributed by atoms with van der Waals surface area (Å²) < 4.78 is 5.19. The number of para-hydroxylation sites is 1. The van der Waals surface area contributed by atoms with Crippen molar-refractivity contribution in [2.75, 3.05) is 31.6 Å². The molecule has 0 atom stereocenters. The Labute approximate surface area is 123 Å². The molecule has 19 heavy (non-hydrogen) atoms. The van der Waals surface area contributed by atoms with E-state index < -0.39 is 0 Å². The highest BCUT2D eigenvalue weighted by atomic mass is 35.5. The molecule has 0 aliphatic rings. The number of hydrogen-bond donors (Lipinski definition) is 2. The first-order chi connectivity index (χ1) is 9.15. The van der Waals surface area contributed by atoms with E-state index in [9.17, 15) is 4.79 Å². The van der Waals surface area contributed by atoms with Crippen molar-refractivity contribution in [2.24, 2.45) is 0 Å². The Morgan fingerprint density at radius 2 is 2.00 bits per heavy atom. The standard InChI is InChI=1S/C13H18Cl2N2O2/c1-2-19-8-4-7-16-9-12(18)17-13-10(14)5-3-6-11(13)15/h3,5-6,16H,2,4,7-9H2,1H3,(H,17,18). The number of benzene rings is 1. The topological polar surface area (TPSA) is 50.4 Å². The average molecular weight is 305 g/mol. The number of carbonyl (C=O) groups is 1. The molecule has 0 aliphatic heterocycles. The molecule has 0 fully saturated rings. The molecule has 0 heterocycles. The lowest BCUT2D eigenvalue weighted by Gasteiger charge is -2.09. The fourth-order valence-corrected chi connectivity index (χ4v) is 1.94. The number of rotatable bonds is 8. The Balaban J connectivity index is 2.28. The number of carbonyl (C=O) groups excluding carboxylic acids is 1. The zero-order valence-corrected chi connectivity index (χ0v) is 12.4. The molecule has 0 saturated heterocycles. The minimum absolute atomic E-state index is 0.175. The van der Waals surface area contributed by atoms with Crippen LogP contribution in [0.5, 0.6) is 0 Å². The van der Waals surface area contributed by atoms with Crippen LogP contribution in [0.1, 0.15) is 13.3 Å². The van der Waals surface area contributed by atoms with Gasteiger partial charge in [-0.2, -0.15) is 0 Å². The summed E-state index contributed by atoms with van der Waals surface area (Å²) in [4.78, 5) is 11.7. The largest absolute Gasteiger partial charge is 0.382 e. The Morgan fingerprint density at radius 1 is 1.32 bits per heavy atom. The van der Waals surface area contributed by atoms with Crippen molar-refractivity contribution in [3.05, 3.63) is 28.2 Å². The Bertz CT molecular complexity index is 393. The maximum Gasteiger partial charge on any atom is 0.238 e. The van der Waals surface area contributed by atoms with Gasteiger partial charge >= 0.3 is 0 Å². The molecule has 0 saturated carbocycles. The smallest absolute Gasteiger partial charge is 0.238 e. The van der Waals surface area contributed by atoms with Crippen LogP contribution in [0.2, 0.25) is 10.0 Å². The predicted octanol–water partition coefficient (Wildman–Crippen LogP) is 2.95. The molecule has 6 heteroatoms. The first-order valence-electron chi connectivity index (χ1n) is 6.17. The number of amides is 1. The van der Waals surface area contributed by atoms with Crippen molar-refractivity contribution in [1.29, 1.82) is 0 Å². The summed E-state index contributed by atoms with van der Waals surface area (Å²) in [6.07, 6.45) is 0.869. The van der Waals surface area contributed by atoms with E-state index in [4.69, 9.17) is 27.9 Å². The van der Waals surface area contributed by atoms with Gasteiger partial charge < -0.3 is 15.4 Å². The summed E-state index contributed by atoms with van der Waals surface area (Å²) >= 11 is 11.9. The molecule has 0 spiro atoms. The minimum atomic E-state index is -0.175. The van der Waals surface area contributed by atoms with Gasteiger partial charge in [-0.15, -0.1) is 0 Å². The third kappa shape index (κ3) is 6.25. The first kappa shape index (κ1) is 16.2. The van der Waals surface area contributed by atoms with Gasteiger partial charge in [-0.05, 0) is 32.0 Å². The van der Waals surface area contributed by atoms with Crippen LogP contribution in [0.15, 0.2) is 18.2 Å². The van der Waals surface area contributed by atoms with Gasteiger partial charge in [-0.25, -0.2) is 0 Å². The number of nitrogens with one attached hydrogen (secondary N) is 2. The molecular formula is C13H18Cl2N2O2. The second-order valence-electron chi connectivity index (χ2n) is 3.87. The fraction of sp³-hybridized carbons (Fsp3) is 0.462. The fourth-order valence-electron chi connectivity index (χ4n) is 1.45. The average Bonchev–Trinajstić information content (AvgIpc) is 2.38. The zero-order chi connectivity index (χ0) is 14.1. The number of hydrogen-bond acceptors (Lipinski definition) is 3. The summed E-state index contributed by atoms with van der Waals surface area (Å²) in [5.74, 6) is -0.175. The Kier molecular flexibility index (Phi) is 7.82. The molecule has 106 valence electrons. The monoisotopic (exact) mass is 304 g/mol. The number of anilines is 1. The predicted molar refractivity (Wildman–Crippen MR) is 79.1 cm³/mol. The molecule has 0 aromatic heterocycles. The lowest BCUT2D eigenvalue weighted by Crippen LogP contribution is -2.29. The minimum Gasteiger partial charge on any atom is -0.382 e. The molecule has 1 rings (SSSR count). The quantitative estimate of drug-likeness (QED) is 0.726. The second-order valence-corrected chi connectivity index (χ2v) is 4.69. The van der Waals surface area contributed by atoms with Crippen molar-refractivity contribution >= 4 is 34.8 Å². The highest BCUT2D eigenvalue weighted by Gasteiger charge is 2.08. The zero-order valence-electron chi connectivity index (χ0n) is 10.8. The summed E-state index contributed by atoms with van der Waals surface area (Å²) in [7, 11) is 0.